The SMILES string of the molecule is CC1C(C)C2CC1C(C)C2COO. The molecule has 0 radical (unpaired) electrons. The lowest BCUT2D eigenvalue weighted by atomic mass is 9.70. The van der Waals surface area contributed by atoms with E-state index in [2.05, 4.69) is 25.7 Å². The van der Waals surface area contributed by atoms with Crippen molar-refractivity contribution in [3.05, 3.63) is 0 Å². The van der Waals surface area contributed by atoms with Gasteiger partial charge in [-0.2, -0.15) is 0 Å². The Bertz CT molecular complexity index is 193. The van der Waals surface area contributed by atoms with Crippen LogP contribution in [0, 0.1) is 35.5 Å². The van der Waals surface area contributed by atoms with Gasteiger partial charge in [0.15, 0.2) is 0 Å². The molecular formula is C11H20O2. The minimum absolute atomic E-state index is 0.541. The van der Waals surface area contributed by atoms with Gasteiger partial charge in [0.1, 0.15) is 0 Å². The van der Waals surface area contributed by atoms with Crippen LogP contribution in [-0.2, 0) is 4.89 Å². The third kappa shape index (κ3) is 1.23. The van der Waals surface area contributed by atoms with E-state index < -0.39 is 0 Å². The second-order valence-electron chi connectivity index (χ2n) is 5.10. The summed E-state index contributed by atoms with van der Waals surface area (Å²) >= 11 is 0. The summed E-state index contributed by atoms with van der Waals surface area (Å²) < 4.78 is 0. The summed E-state index contributed by atoms with van der Waals surface area (Å²) in [5, 5.41) is 8.52. The van der Waals surface area contributed by atoms with E-state index in [-0.39, 0.29) is 0 Å². The van der Waals surface area contributed by atoms with Crippen LogP contribution in [0.2, 0.25) is 0 Å². The zero-order chi connectivity index (χ0) is 9.59. The lowest BCUT2D eigenvalue weighted by molar-refractivity contribution is -0.257. The molecule has 2 bridgehead atoms. The summed E-state index contributed by atoms with van der Waals surface area (Å²) in [5.74, 6) is 4.70. The van der Waals surface area contributed by atoms with Gasteiger partial charge in [-0.15, -0.1) is 0 Å². The summed E-state index contributed by atoms with van der Waals surface area (Å²) in [7, 11) is 0. The van der Waals surface area contributed by atoms with E-state index in [0.29, 0.717) is 12.5 Å². The predicted octanol–water partition coefficient (Wildman–Crippen LogP) is 2.65. The van der Waals surface area contributed by atoms with E-state index in [1.54, 1.807) is 0 Å². The fraction of sp³-hybridized carbons (Fsp3) is 1.00. The minimum atomic E-state index is 0.541. The second kappa shape index (κ2) is 3.25. The first-order chi connectivity index (χ1) is 6.16. The highest BCUT2D eigenvalue weighted by Crippen LogP contribution is 2.57. The molecule has 0 aromatic heterocycles. The number of fused-ring (bicyclic) bond motifs is 2. The third-order valence-corrected chi connectivity index (χ3v) is 4.89. The van der Waals surface area contributed by atoms with Gasteiger partial charge in [-0.25, -0.2) is 4.89 Å². The molecule has 2 aliphatic rings. The highest BCUT2D eigenvalue weighted by molar-refractivity contribution is 5.00. The molecule has 13 heavy (non-hydrogen) atoms. The van der Waals surface area contributed by atoms with Gasteiger partial charge in [-0.1, -0.05) is 20.8 Å². The van der Waals surface area contributed by atoms with Crippen molar-refractivity contribution < 1.29 is 10.1 Å². The topological polar surface area (TPSA) is 29.5 Å². The largest absolute Gasteiger partial charge is 0.252 e. The molecule has 0 aliphatic heterocycles. The van der Waals surface area contributed by atoms with Crippen LogP contribution in [0.1, 0.15) is 27.2 Å². The van der Waals surface area contributed by atoms with Gasteiger partial charge in [0, 0.05) is 0 Å². The van der Waals surface area contributed by atoms with Crippen molar-refractivity contribution in [1.29, 1.82) is 0 Å². The van der Waals surface area contributed by atoms with Gasteiger partial charge in [0.05, 0.1) is 6.61 Å². The minimum Gasteiger partial charge on any atom is -0.252 e. The zero-order valence-electron chi connectivity index (χ0n) is 8.73. The van der Waals surface area contributed by atoms with E-state index in [1.165, 1.54) is 6.42 Å². The molecule has 0 aromatic carbocycles. The Hall–Kier alpha value is -0.0800. The van der Waals surface area contributed by atoms with Gasteiger partial charge in [-0.05, 0) is 41.9 Å². The van der Waals surface area contributed by atoms with Crippen molar-refractivity contribution in [1.82, 2.24) is 0 Å². The molecule has 0 amide bonds. The maximum Gasteiger partial charge on any atom is 0.0853 e. The quantitative estimate of drug-likeness (QED) is 0.528. The maximum atomic E-state index is 8.52. The Kier molecular flexibility index (Phi) is 2.37. The molecule has 0 aromatic rings. The summed E-state index contributed by atoms with van der Waals surface area (Å²) in [6.45, 7) is 7.59. The molecule has 1 N–H and O–H groups in total. The van der Waals surface area contributed by atoms with Crippen LogP contribution in [0.5, 0.6) is 0 Å². The van der Waals surface area contributed by atoms with Crippen molar-refractivity contribution >= 4 is 0 Å². The van der Waals surface area contributed by atoms with Gasteiger partial charge in [0.2, 0.25) is 0 Å². The average Bonchev–Trinajstić information content (AvgIpc) is 2.55. The molecule has 2 rings (SSSR count). The molecular weight excluding hydrogens is 164 g/mol. The smallest absolute Gasteiger partial charge is 0.0853 e. The lowest BCUT2D eigenvalue weighted by Crippen LogP contribution is -2.33. The second-order valence-corrected chi connectivity index (χ2v) is 5.10. The Morgan fingerprint density at radius 1 is 1.08 bits per heavy atom. The van der Waals surface area contributed by atoms with Crippen molar-refractivity contribution in [2.24, 2.45) is 35.5 Å². The van der Waals surface area contributed by atoms with E-state index in [4.69, 9.17) is 5.26 Å². The highest BCUT2D eigenvalue weighted by Gasteiger charge is 2.52. The first-order valence-electron chi connectivity index (χ1n) is 5.43. The summed E-state index contributed by atoms with van der Waals surface area (Å²) in [6.07, 6.45) is 1.36. The summed E-state index contributed by atoms with van der Waals surface area (Å²) in [6, 6.07) is 0. The van der Waals surface area contributed by atoms with Crippen molar-refractivity contribution in [2.75, 3.05) is 6.61 Å². The number of hydrogen-bond acceptors (Lipinski definition) is 2. The van der Waals surface area contributed by atoms with E-state index in [9.17, 15) is 0 Å². The number of rotatable bonds is 2. The molecule has 0 heterocycles. The molecule has 2 nitrogen and oxygen atoms in total. The van der Waals surface area contributed by atoms with Crippen LogP contribution in [0.15, 0.2) is 0 Å². The molecule has 76 valence electrons. The third-order valence-electron chi connectivity index (χ3n) is 4.89. The maximum absolute atomic E-state index is 8.52. The number of hydrogen-bond donors (Lipinski definition) is 1. The predicted molar refractivity (Wildman–Crippen MR) is 51.2 cm³/mol. The monoisotopic (exact) mass is 184 g/mol. The molecule has 0 saturated heterocycles. The summed E-state index contributed by atoms with van der Waals surface area (Å²) in [4.78, 5) is 4.33. The Morgan fingerprint density at radius 2 is 1.69 bits per heavy atom. The van der Waals surface area contributed by atoms with Crippen molar-refractivity contribution in [3.8, 4) is 0 Å². The van der Waals surface area contributed by atoms with Gasteiger partial charge in [0.25, 0.3) is 0 Å². The molecule has 0 spiro atoms. The Balaban J connectivity index is 2.10. The first-order valence-corrected chi connectivity index (χ1v) is 5.43. The average molecular weight is 184 g/mol. The lowest BCUT2D eigenvalue weighted by Gasteiger charge is -2.35. The molecule has 2 heteroatoms. The molecule has 2 saturated carbocycles. The zero-order valence-corrected chi connectivity index (χ0v) is 8.73. The van der Waals surface area contributed by atoms with Crippen LogP contribution < -0.4 is 0 Å². The molecule has 2 fully saturated rings. The standard InChI is InChI=1S/C11H20O2/c1-6-7(2)10-4-9(6)8(3)11(10)5-13-12/h6-12H,4-5H2,1-3H3. The first kappa shape index (κ1) is 9.47. The van der Waals surface area contributed by atoms with Crippen LogP contribution in [-0.4, -0.2) is 11.9 Å². The Labute approximate surface area is 80.2 Å². The van der Waals surface area contributed by atoms with Crippen molar-refractivity contribution in [2.45, 2.75) is 27.2 Å². The Morgan fingerprint density at radius 3 is 2.23 bits per heavy atom. The molecule has 6 unspecified atom stereocenters. The van der Waals surface area contributed by atoms with E-state index in [0.717, 1.165) is 29.6 Å². The van der Waals surface area contributed by atoms with Crippen LogP contribution >= 0.6 is 0 Å². The van der Waals surface area contributed by atoms with Crippen molar-refractivity contribution in [3.63, 3.8) is 0 Å². The van der Waals surface area contributed by atoms with Gasteiger partial charge < -0.3 is 0 Å². The van der Waals surface area contributed by atoms with E-state index in [1.807, 2.05) is 0 Å². The fourth-order valence-corrected chi connectivity index (χ4v) is 3.85. The van der Waals surface area contributed by atoms with E-state index >= 15 is 0 Å². The van der Waals surface area contributed by atoms with Crippen LogP contribution in [0.25, 0.3) is 0 Å². The highest BCUT2D eigenvalue weighted by atomic mass is 17.1. The van der Waals surface area contributed by atoms with Crippen LogP contribution in [0.3, 0.4) is 0 Å². The van der Waals surface area contributed by atoms with Gasteiger partial charge in [-0.3, -0.25) is 5.26 Å². The molecule has 2 aliphatic carbocycles. The van der Waals surface area contributed by atoms with Gasteiger partial charge >= 0.3 is 0 Å². The van der Waals surface area contributed by atoms with Crippen LogP contribution in [0.4, 0.5) is 0 Å². The summed E-state index contributed by atoms with van der Waals surface area (Å²) in [5.41, 5.74) is 0. The molecule has 6 atom stereocenters. The fourth-order valence-electron chi connectivity index (χ4n) is 3.85. The normalized spacial score (nSPS) is 54.5.